The van der Waals surface area contributed by atoms with Crippen LogP contribution in [0, 0.1) is 11.3 Å². The number of ether oxygens (including phenoxy) is 1. The molecule has 1 unspecified atom stereocenters. The molecule has 2 aromatic carbocycles. The molecule has 0 aliphatic carbocycles. The van der Waals surface area contributed by atoms with Crippen molar-refractivity contribution in [2.75, 3.05) is 6.61 Å². The predicted octanol–water partition coefficient (Wildman–Crippen LogP) is 4.13. The van der Waals surface area contributed by atoms with Crippen LogP contribution in [-0.2, 0) is 11.8 Å². The molecule has 0 saturated carbocycles. The van der Waals surface area contributed by atoms with Gasteiger partial charge in [-0.25, -0.2) is 0 Å². The third-order valence-electron chi connectivity index (χ3n) is 3.82. The topological polar surface area (TPSA) is 33.0 Å². The minimum absolute atomic E-state index is 0.511. The average Bonchev–Trinajstić information content (AvgIpc) is 2.50. The fourth-order valence-corrected chi connectivity index (χ4v) is 2.87. The Labute approximate surface area is 123 Å². The number of halogens is 1. The fourth-order valence-electron chi connectivity index (χ4n) is 2.75. The lowest BCUT2D eigenvalue weighted by atomic mass is 9.73. The summed E-state index contributed by atoms with van der Waals surface area (Å²) in [5.41, 5.74) is 1.60. The molecular formula is C17H14ClNO. The van der Waals surface area contributed by atoms with Crippen molar-refractivity contribution >= 4 is 11.6 Å². The van der Waals surface area contributed by atoms with Gasteiger partial charge in [0.25, 0.3) is 0 Å². The molecular weight excluding hydrogens is 270 g/mol. The fraction of sp³-hybridized carbons (Fsp3) is 0.235. The Hall–Kier alpha value is -1.98. The summed E-state index contributed by atoms with van der Waals surface area (Å²) in [6.45, 7) is 0.582. The van der Waals surface area contributed by atoms with Crippen LogP contribution in [0.3, 0.4) is 0 Å². The normalized spacial score (nSPS) is 20.6. The van der Waals surface area contributed by atoms with Crippen molar-refractivity contribution in [3.8, 4) is 11.8 Å². The highest BCUT2D eigenvalue weighted by atomic mass is 35.5. The first-order valence-corrected chi connectivity index (χ1v) is 6.99. The molecule has 2 aromatic rings. The molecule has 0 N–H and O–H groups in total. The minimum atomic E-state index is -0.511. The predicted molar refractivity (Wildman–Crippen MR) is 79.0 cm³/mol. The summed E-state index contributed by atoms with van der Waals surface area (Å²) in [6.07, 6.45) is 1.39. The second-order valence-electron chi connectivity index (χ2n) is 5.09. The van der Waals surface area contributed by atoms with Gasteiger partial charge < -0.3 is 4.74 Å². The number of benzene rings is 2. The monoisotopic (exact) mass is 283 g/mol. The molecule has 0 radical (unpaired) electrons. The lowest BCUT2D eigenvalue weighted by Gasteiger charge is -2.33. The highest BCUT2D eigenvalue weighted by molar-refractivity contribution is 6.30. The molecule has 0 aromatic heterocycles. The molecule has 1 atom stereocenters. The van der Waals surface area contributed by atoms with Gasteiger partial charge in [0.2, 0.25) is 0 Å². The molecule has 0 saturated heterocycles. The maximum Gasteiger partial charge on any atom is 0.124 e. The van der Waals surface area contributed by atoms with E-state index in [0.29, 0.717) is 24.5 Å². The SMILES string of the molecule is N#CC1(Cc2ccc(Cl)cc2)CCOc2ccccc21. The maximum atomic E-state index is 9.77. The molecule has 1 aliphatic rings. The minimum Gasteiger partial charge on any atom is -0.493 e. The molecule has 3 heteroatoms. The molecule has 100 valence electrons. The van der Waals surface area contributed by atoms with Crippen LogP contribution in [0.15, 0.2) is 48.5 Å². The van der Waals surface area contributed by atoms with Gasteiger partial charge in [-0.1, -0.05) is 41.9 Å². The third kappa shape index (κ3) is 2.26. The van der Waals surface area contributed by atoms with Gasteiger partial charge in [0.05, 0.1) is 18.1 Å². The van der Waals surface area contributed by atoms with Gasteiger partial charge in [0, 0.05) is 17.0 Å². The van der Waals surface area contributed by atoms with Crippen LogP contribution in [0.5, 0.6) is 5.75 Å². The molecule has 1 aliphatic heterocycles. The molecule has 0 amide bonds. The van der Waals surface area contributed by atoms with E-state index in [0.717, 1.165) is 16.9 Å². The standard InChI is InChI=1S/C17H14ClNO/c18-14-7-5-13(6-8-14)11-17(12-19)9-10-20-16-4-2-1-3-15(16)17/h1-8H,9-11H2. The Bertz CT molecular complexity index is 659. The number of para-hydroxylation sites is 1. The van der Waals surface area contributed by atoms with E-state index in [9.17, 15) is 5.26 Å². The van der Waals surface area contributed by atoms with Crippen molar-refractivity contribution in [1.29, 1.82) is 5.26 Å². The Morgan fingerprint density at radius 3 is 2.65 bits per heavy atom. The van der Waals surface area contributed by atoms with Crippen LogP contribution in [0.1, 0.15) is 17.5 Å². The number of nitrogens with zero attached hydrogens (tertiary/aromatic N) is 1. The molecule has 0 spiro atoms. The summed E-state index contributed by atoms with van der Waals surface area (Å²) in [5, 5.41) is 10.5. The van der Waals surface area contributed by atoms with E-state index < -0.39 is 5.41 Å². The van der Waals surface area contributed by atoms with Gasteiger partial charge in [0.15, 0.2) is 0 Å². The van der Waals surface area contributed by atoms with Crippen molar-refractivity contribution in [1.82, 2.24) is 0 Å². The molecule has 2 nitrogen and oxygen atoms in total. The van der Waals surface area contributed by atoms with E-state index in [4.69, 9.17) is 16.3 Å². The van der Waals surface area contributed by atoms with Crippen LogP contribution in [0.2, 0.25) is 5.02 Å². The Morgan fingerprint density at radius 2 is 1.90 bits per heavy atom. The highest BCUT2D eigenvalue weighted by Crippen LogP contribution is 2.40. The zero-order chi connectivity index (χ0) is 14.0. The number of hydrogen-bond acceptors (Lipinski definition) is 2. The van der Waals surface area contributed by atoms with Crippen molar-refractivity contribution in [3.05, 3.63) is 64.7 Å². The first-order chi connectivity index (χ1) is 9.73. The van der Waals surface area contributed by atoms with E-state index in [2.05, 4.69) is 6.07 Å². The quantitative estimate of drug-likeness (QED) is 0.830. The average molecular weight is 284 g/mol. The maximum absolute atomic E-state index is 9.77. The Morgan fingerprint density at radius 1 is 1.15 bits per heavy atom. The smallest absolute Gasteiger partial charge is 0.124 e. The molecule has 1 heterocycles. The Balaban J connectivity index is 2.01. The summed E-state index contributed by atoms with van der Waals surface area (Å²) in [5.74, 6) is 0.828. The van der Waals surface area contributed by atoms with Crippen LogP contribution in [-0.4, -0.2) is 6.61 Å². The van der Waals surface area contributed by atoms with Gasteiger partial charge in [-0.15, -0.1) is 0 Å². The zero-order valence-corrected chi connectivity index (χ0v) is 11.7. The summed E-state index contributed by atoms with van der Waals surface area (Å²) in [7, 11) is 0. The largest absolute Gasteiger partial charge is 0.493 e. The van der Waals surface area contributed by atoms with E-state index in [1.807, 2.05) is 48.5 Å². The van der Waals surface area contributed by atoms with Gasteiger partial charge in [-0.2, -0.15) is 5.26 Å². The summed E-state index contributed by atoms with van der Waals surface area (Å²) >= 11 is 5.92. The number of nitriles is 1. The van der Waals surface area contributed by atoms with E-state index in [1.165, 1.54) is 0 Å². The first kappa shape index (κ1) is 13.0. The van der Waals surface area contributed by atoms with Gasteiger partial charge in [-0.05, 0) is 30.2 Å². The lowest BCUT2D eigenvalue weighted by Crippen LogP contribution is -2.33. The van der Waals surface area contributed by atoms with Crippen LogP contribution in [0.4, 0.5) is 0 Å². The number of hydrogen-bond donors (Lipinski definition) is 0. The van der Waals surface area contributed by atoms with Gasteiger partial charge in [0.1, 0.15) is 5.75 Å². The van der Waals surface area contributed by atoms with Crippen LogP contribution >= 0.6 is 11.6 Å². The number of fused-ring (bicyclic) bond motifs is 1. The lowest BCUT2D eigenvalue weighted by molar-refractivity contribution is 0.241. The zero-order valence-electron chi connectivity index (χ0n) is 11.0. The van der Waals surface area contributed by atoms with Crippen molar-refractivity contribution in [2.45, 2.75) is 18.3 Å². The van der Waals surface area contributed by atoms with Gasteiger partial charge >= 0.3 is 0 Å². The first-order valence-electron chi connectivity index (χ1n) is 6.61. The Kier molecular flexibility index (Phi) is 3.38. The van der Waals surface area contributed by atoms with E-state index in [1.54, 1.807) is 0 Å². The van der Waals surface area contributed by atoms with Crippen LogP contribution < -0.4 is 4.74 Å². The molecule has 3 rings (SSSR count). The third-order valence-corrected chi connectivity index (χ3v) is 4.07. The second-order valence-corrected chi connectivity index (χ2v) is 5.53. The molecule has 0 fully saturated rings. The van der Waals surface area contributed by atoms with E-state index >= 15 is 0 Å². The van der Waals surface area contributed by atoms with Gasteiger partial charge in [-0.3, -0.25) is 0 Å². The van der Waals surface area contributed by atoms with Crippen molar-refractivity contribution in [3.63, 3.8) is 0 Å². The van der Waals surface area contributed by atoms with E-state index in [-0.39, 0.29) is 0 Å². The molecule has 0 bridgehead atoms. The number of rotatable bonds is 2. The summed E-state index contributed by atoms with van der Waals surface area (Å²) in [4.78, 5) is 0. The second kappa shape index (κ2) is 5.19. The van der Waals surface area contributed by atoms with Crippen LogP contribution in [0.25, 0.3) is 0 Å². The summed E-state index contributed by atoms with van der Waals surface area (Å²) < 4.78 is 5.67. The summed E-state index contributed by atoms with van der Waals surface area (Å²) in [6, 6.07) is 18.1. The molecule has 20 heavy (non-hydrogen) atoms. The van der Waals surface area contributed by atoms with Crippen molar-refractivity contribution < 1.29 is 4.74 Å². The highest BCUT2D eigenvalue weighted by Gasteiger charge is 2.38. The van der Waals surface area contributed by atoms with Crippen molar-refractivity contribution in [2.24, 2.45) is 0 Å².